The summed E-state index contributed by atoms with van der Waals surface area (Å²) in [5, 5.41) is 12.4. The number of amides is 2. The quantitative estimate of drug-likeness (QED) is 0.317. The van der Waals surface area contributed by atoms with E-state index in [1.54, 1.807) is 42.1 Å². The predicted octanol–water partition coefficient (Wildman–Crippen LogP) is 4.13. The molecular weight excluding hydrogens is 596 g/mol. The van der Waals surface area contributed by atoms with Crippen molar-refractivity contribution >= 4 is 40.7 Å². The number of morpholine rings is 1. The number of ether oxygens (including phenoxy) is 2. The molecule has 2 N–H and O–H groups in total. The number of hydrogen-bond donors (Lipinski definition) is 2. The van der Waals surface area contributed by atoms with E-state index >= 15 is 0 Å². The van der Waals surface area contributed by atoms with Gasteiger partial charge in [-0.15, -0.1) is 0 Å². The molecule has 1 aliphatic carbocycles. The van der Waals surface area contributed by atoms with Crippen molar-refractivity contribution in [1.82, 2.24) is 29.7 Å². The molecular formula is C29H37F2N7O5S. The lowest BCUT2D eigenvalue weighted by atomic mass is 9.92. The minimum atomic E-state index is -2.82. The lowest BCUT2D eigenvalue weighted by Gasteiger charge is -2.32. The first-order valence-electron chi connectivity index (χ1n) is 14.6. The van der Waals surface area contributed by atoms with Crippen LogP contribution in [0, 0.1) is 0 Å². The molecule has 0 bridgehead atoms. The number of carboxylic acid groups (broad SMARTS) is 1. The summed E-state index contributed by atoms with van der Waals surface area (Å²) in [5.74, 6) is 0.814. The molecule has 44 heavy (non-hydrogen) atoms. The molecule has 238 valence electrons. The molecule has 15 heteroatoms. The standard InChI is InChI=1S/C29H37F2N7O5S/c1-36(29(40)41)22(11-16-44-2)27(39)32-18-7-9-19(10-8-18)43-24-17-23(34-28(35-24)37-12-14-42-15-13-37)38-21-6-4-3-5-20(21)33-26(38)25(30)31/h3-6,17-19,22,25H,7-16H2,1-2H3,(H,32,39)(H,40,41)/t18-,19-,22-/m0/s1. The molecule has 1 aliphatic heterocycles. The maximum Gasteiger partial charge on any atom is 0.407 e. The molecule has 12 nitrogen and oxygen atoms in total. The van der Waals surface area contributed by atoms with Crippen molar-refractivity contribution < 1.29 is 33.0 Å². The van der Waals surface area contributed by atoms with Gasteiger partial charge in [-0.2, -0.15) is 21.7 Å². The molecule has 1 saturated heterocycles. The number of carbonyl (C=O) groups is 2. The number of likely N-dealkylation sites (N-methyl/N-ethyl adjacent to an activating group) is 1. The zero-order valence-corrected chi connectivity index (χ0v) is 25.5. The van der Waals surface area contributed by atoms with Gasteiger partial charge in [-0.3, -0.25) is 14.3 Å². The van der Waals surface area contributed by atoms with Crippen LogP contribution in [0.25, 0.3) is 16.9 Å². The first-order valence-corrected chi connectivity index (χ1v) is 16.0. The van der Waals surface area contributed by atoms with Crippen LogP contribution < -0.4 is 15.0 Å². The highest BCUT2D eigenvalue weighted by molar-refractivity contribution is 7.98. The number of nitrogens with zero attached hydrogens (tertiary/aromatic N) is 6. The number of fused-ring (bicyclic) bond motifs is 1. The van der Waals surface area contributed by atoms with Crippen LogP contribution in [0.15, 0.2) is 30.3 Å². The number of imidazole rings is 1. The third-order valence-electron chi connectivity index (χ3n) is 7.96. The summed E-state index contributed by atoms with van der Waals surface area (Å²) >= 11 is 1.56. The lowest BCUT2D eigenvalue weighted by molar-refractivity contribution is -0.126. The predicted molar refractivity (Wildman–Crippen MR) is 162 cm³/mol. The van der Waals surface area contributed by atoms with Crippen LogP contribution in [-0.4, -0.2) is 105 Å². The number of anilines is 1. The molecule has 0 radical (unpaired) electrons. The molecule has 1 saturated carbocycles. The maximum absolute atomic E-state index is 14.2. The van der Waals surface area contributed by atoms with Gasteiger partial charge in [0.1, 0.15) is 18.0 Å². The van der Waals surface area contributed by atoms with Gasteiger partial charge in [-0.1, -0.05) is 12.1 Å². The zero-order chi connectivity index (χ0) is 31.2. The molecule has 2 fully saturated rings. The smallest absolute Gasteiger partial charge is 0.407 e. The van der Waals surface area contributed by atoms with Crippen molar-refractivity contribution in [2.45, 2.75) is 56.7 Å². The third-order valence-corrected chi connectivity index (χ3v) is 8.60. The SMILES string of the molecule is CSCC[C@@H](C(=O)N[C@H]1CC[C@H](Oc2cc(-n3c(C(F)F)nc4ccccc43)nc(N3CCOCC3)n2)CC1)N(C)C(=O)O. The van der Waals surface area contributed by atoms with Crippen LogP contribution in [0.5, 0.6) is 5.88 Å². The monoisotopic (exact) mass is 633 g/mol. The van der Waals surface area contributed by atoms with Crippen LogP contribution in [0.3, 0.4) is 0 Å². The Morgan fingerprint density at radius 1 is 1.16 bits per heavy atom. The summed E-state index contributed by atoms with van der Waals surface area (Å²) in [6, 6.07) is 7.61. The van der Waals surface area contributed by atoms with Crippen LogP contribution in [0.4, 0.5) is 19.5 Å². The van der Waals surface area contributed by atoms with Crippen LogP contribution in [-0.2, 0) is 9.53 Å². The Kier molecular flexibility index (Phi) is 10.4. The number of para-hydroxylation sites is 2. The van der Waals surface area contributed by atoms with E-state index in [9.17, 15) is 23.5 Å². The van der Waals surface area contributed by atoms with E-state index < -0.39 is 24.4 Å². The Balaban J connectivity index is 1.33. The number of benzene rings is 1. The highest BCUT2D eigenvalue weighted by Gasteiger charge is 2.31. The molecule has 1 aromatic carbocycles. The van der Waals surface area contributed by atoms with Crippen LogP contribution in [0.2, 0.25) is 0 Å². The summed E-state index contributed by atoms with van der Waals surface area (Å²) in [6.45, 7) is 2.09. The number of alkyl halides is 2. The average Bonchev–Trinajstić information content (AvgIpc) is 3.43. The molecule has 3 heterocycles. The van der Waals surface area contributed by atoms with Crippen molar-refractivity contribution in [1.29, 1.82) is 0 Å². The highest BCUT2D eigenvalue weighted by Crippen LogP contribution is 2.31. The first-order chi connectivity index (χ1) is 21.2. The van der Waals surface area contributed by atoms with Crippen molar-refractivity contribution in [2.24, 2.45) is 0 Å². The normalized spacial score (nSPS) is 19.6. The van der Waals surface area contributed by atoms with Gasteiger partial charge in [-0.05, 0) is 56.2 Å². The first kappa shape index (κ1) is 31.7. The second kappa shape index (κ2) is 14.4. The molecule has 1 atom stereocenters. The highest BCUT2D eigenvalue weighted by atomic mass is 32.2. The van der Waals surface area contributed by atoms with Crippen LogP contribution in [0.1, 0.15) is 44.4 Å². The van der Waals surface area contributed by atoms with Gasteiger partial charge in [0.2, 0.25) is 17.7 Å². The Morgan fingerprint density at radius 3 is 2.57 bits per heavy atom. The fraction of sp³-hybridized carbons (Fsp3) is 0.552. The van der Waals surface area contributed by atoms with Gasteiger partial charge in [0.15, 0.2) is 5.82 Å². The van der Waals surface area contributed by atoms with Crippen molar-refractivity contribution in [2.75, 3.05) is 50.3 Å². The Morgan fingerprint density at radius 2 is 1.89 bits per heavy atom. The van der Waals surface area contributed by atoms with Crippen molar-refractivity contribution in [3.8, 4) is 11.7 Å². The topological polar surface area (TPSA) is 135 Å². The van der Waals surface area contributed by atoms with E-state index in [2.05, 4.69) is 20.3 Å². The van der Waals surface area contributed by atoms with Crippen LogP contribution >= 0.6 is 11.8 Å². The fourth-order valence-electron chi connectivity index (χ4n) is 5.57. The average molecular weight is 634 g/mol. The molecule has 3 aromatic rings. The van der Waals surface area contributed by atoms with Gasteiger partial charge in [0.05, 0.1) is 24.2 Å². The van der Waals surface area contributed by atoms with Gasteiger partial charge < -0.3 is 24.8 Å². The Bertz CT molecular complexity index is 1450. The number of halogens is 2. The van der Waals surface area contributed by atoms with E-state index in [-0.39, 0.29) is 29.8 Å². The molecule has 5 rings (SSSR count). The molecule has 2 aromatic heterocycles. The number of carbonyl (C=O) groups excluding carboxylic acids is 1. The molecule has 0 unspecified atom stereocenters. The Labute approximate surface area is 258 Å². The summed E-state index contributed by atoms with van der Waals surface area (Å²) in [5.41, 5.74) is 0.934. The van der Waals surface area contributed by atoms with Gasteiger partial charge in [0.25, 0.3) is 6.43 Å². The number of thioether (sulfide) groups is 1. The summed E-state index contributed by atoms with van der Waals surface area (Å²) in [4.78, 5) is 41.0. The maximum atomic E-state index is 14.2. The number of hydrogen-bond acceptors (Lipinski definition) is 9. The summed E-state index contributed by atoms with van der Waals surface area (Å²) < 4.78 is 41.5. The van der Waals surface area contributed by atoms with Crippen molar-refractivity contribution in [3.63, 3.8) is 0 Å². The van der Waals surface area contributed by atoms with E-state index in [4.69, 9.17) is 9.47 Å². The van der Waals surface area contributed by atoms with Gasteiger partial charge >= 0.3 is 6.09 Å². The van der Waals surface area contributed by atoms with E-state index in [0.717, 1.165) is 4.90 Å². The second-order valence-corrected chi connectivity index (χ2v) is 11.8. The number of aromatic nitrogens is 4. The van der Waals surface area contributed by atoms with E-state index in [1.165, 1.54) is 11.6 Å². The van der Waals surface area contributed by atoms with E-state index in [1.807, 2.05) is 11.2 Å². The number of rotatable bonds is 11. The van der Waals surface area contributed by atoms with Crippen molar-refractivity contribution in [3.05, 3.63) is 36.2 Å². The minimum Gasteiger partial charge on any atom is -0.474 e. The largest absolute Gasteiger partial charge is 0.474 e. The minimum absolute atomic E-state index is 0.114. The third kappa shape index (κ3) is 7.32. The summed E-state index contributed by atoms with van der Waals surface area (Å²) in [7, 11) is 1.41. The van der Waals surface area contributed by atoms with Gasteiger partial charge in [0, 0.05) is 32.2 Å². The summed E-state index contributed by atoms with van der Waals surface area (Å²) in [6.07, 6.45) is 0.674. The number of nitrogens with one attached hydrogen (secondary N) is 1. The molecule has 2 amide bonds. The molecule has 0 spiro atoms. The lowest BCUT2D eigenvalue weighted by Crippen LogP contribution is -2.51. The van der Waals surface area contributed by atoms with Gasteiger partial charge in [-0.25, -0.2) is 18.6 Å². The fourth-order valence-corrected chi connectivity index (χ4v) is 6.03. The zero-order valence-electron chi connectivity index (χ0n) is 24.7. The Hall–Kier alpha value is -3.72. The second-order valence-electron chi connectivity index (χ2n) is 10.8. The van der Waals surface area contributed by atoms with E-state index in [0.29, 0.717) is 81.1 Å². The molecule has 2 aliphatic rings.